The number of nitrogens with one attached hydrogen (secondary N) is 1. The van der Waals surface area contributed by atoms with Crippen molar-refractivity contribution in [3.63, 3.8) is 0 Å². The molecule has 3 N–H and O–H groups in total. The quantitative estimate of drug-likeness (QED) is 0.525. The molecule has 0 fully saturated rings. The molecule has 0 bridgehead atoms. The third-order valence-corrected chi connectivity index (χ3v) is 2.09. The predicted octanol–water partition coefficient (Wildman–Crippen LogP) is 1.97. The summed E-state index contributed by atoms with van der Waals surface area (Å²) in [5.74, 6) is -0.173. The van der Waals surface area contributed by atoms with E-state index in [0.717, 1.165) is 11.3 Å². The summed E-state index contributed by atoms with van der Waals surface area (Å²) in [6, 6.07) is 1.23. The Bertz CT molecular complexity index is 269. The highest BCUT2D eigenvalue weighted by atomic mass is 32.1. The zero-order valence-electron chi connectivity index (χ0n) is 5.47. The Morgan fingerprint density at radius 2 is 2.27 bits per heavy atom. The lowest BCUT2D eigenvalue weighted by molar-refractivity contribution is 0.155. The number of halogens is 2. The Kier molecular flexibility index (Phi) is 2.19. The van der Waals surface area contributed by atoms with E-state index in [9.17, 15) is 8.78 Å². The molecule has 11 heavy (non-hydrogen) atoms. The predicted molar refractivity (Wildman–Crippen MR) is 40.3 cm³/mol. The number of rotatable bonds is 2. The molecule has 1 rings (SSSR count). The van der Waals surface area contributed by atoms with E-state index in [0.29, 0.717) is 5.56 Å². The summed E-state index contributed by atoms with van der Waals surface area (Å²) in [6.07, 6.45) is -2.46. The Balaban J connectivity index is 2.90. The van der Waals surface area contributed by atoms with E-state index in [1.165, 1.54) is 11.4 Å². The van der Waals surface area contributed by atoms with Crippen LogP contribution >= 0.6 is 11.3 Å². The minimum absolute atomic E-state index is 0.0461. The van der Waals surface area contributed by atoms with Crippen LogP contribution < -0.4 is 5.73 Å². The number of nitrogen functional groups attached to an aromatic ring is 1. The Labute approximate surface area is 66.2 Å². The topological polar surface area (TPSA) is 49.9 Å². The van der Waals surface area contributed by atoms with Gasteiger partial charge in [-0.25, -0.2) is 8.78 Å². The summed E-state index contributed by atoms with van der Waals surface area (Å²) in [6.45, 7) is 0. The molecular formula is C6H6F2N2S. The molecule has 0 aliphatic heterocycles. The smallest absolute Gasteiger partial charge is 0.272 e. The number of alkyl halides is 2. The zero-order valence-corrected chi connectivity index (χ0v) is 6.29. The van der Waals surface area contributed by atoms with Gasteiger partial charge in [0.25, 0.3) is 6.43 Å². The van der Waals surface area contributed by atoms with Gasteiger partial charge in [-0.2, -0.15) is 0 Å². The molecule has 0 aliphatic carbocycles. The first kappa shape index (κ1) is 8.13. The van der Waals surface area contributed by atoms with Crippen LogP contribution in [0.4, 0.5) is 8.78 Å². The lowest BCUT2D eigenvalue weighted by Crippen LogP contribution is -2.09. The Morgan fingerprint density at radius 1 is 1.64 bits per heavy atom. The molecule has 5 heteroatoms. The van der Waals surface area contributed by atoms with Crippen molar-refractivity contribution in [1.29, 1.82) is 5.41 Å². The van der Waals surface area contributed by atoms with E-state index in [2.05, 4.69) is 0 Å². The van der Waals surface area contributed by atoms with Crippen LogP contribution in [0, 0.1) is 5.41 Å². The Morgan fingerprint density at radius 3 is 2.55 bits per heavy atom. The van der Waals surface area contributed by atoms with E-state index < -0.39 is 6.43 Å². The van der Waals surface area contributed by atoms with Crippen molar-refractivity contribution in [2.24, 2.45) is 5.73 Å². The van der Waals surface area contributed by atoms with Crippen LogP contribution in [0.3, 0.4) is 0 Å². The van der Waals surface area contributed by atoms with E-state index in [4.69, 9.17) is 11.1 Å². The van der Waals surface area contributed by atoms with Crippen molar-refractivity contribution in [2.45, 2.75) is 6.43 Å². The number of amidine groups is 1. The van der Waals surface area contributed by atoms with Gasteiger partial charge in [0.15, 0.2) is 0 Å². The van der Waals surface area contributed by atoms with Crippen LogP contribution in [0.2, 0.25) is 0 Å². The van der Waals surface area contributed by atoms with Gasteiger partial charge >= 0.3 is 0 Å². The average molecular weight is 176 g/mol. The highest BCUT2D eigenvalue weighted by Gasteiger charge is 2.10. The average Bonchev–Trinajstić information content (AvgIpc) is 2.33. The van der Waals surface area contributed by atoms with Crippen LogP contribution in [0.1, 0.15) is 16.9 Å². The molecule has 0 atom stereocenters. The summed E-state index contributed by atoms with van der Waals surface area (Å²) in [4.78, 5) is -0.0461. The molecule has 0 unspecified atom stereocenters. The van der Waals surface area contributed by atoms with Crippen molar-refractivity contribution in [1.82, 2.24) is 0 Å². The van der Waals surface area contributed by atoms with E-state index in [1.54, 1.807) is 0 Å². The molecule has 0 spiro atoms. The number of hydrogen-bond acceptors (Lipinski definition) is 2. The number of thiophene rings is 1. The molecule has 0 aliphatic rings. The first-order valence-corrected chi connectivity index (χ1v) is 3.70. The monoisotopic (exact) mass is 176 g/mol. The first-order chi connectivity index (χ1) is 5.11. The lowest BCUT2D eigenvalue weighted by atomic mass is 10.3. The van der Waals surface area contributed by atoms with E-state index >= 15 is 0 Å². The van der Waals surface area contributed by atoms with Gasteiger partial charge in [-0.1, -0.05) is 0 Å². The summed E-state index contributed by atoms with van der Waals surface area (Å²) in [7, 11) is 0. The van der Waals surface area contributed by atoms with Gasteiger partial charge in [0.2, 0.25) is 0 Å². The molecule has 60 valence electrons. The SMILES string of the molecule is N=C(N)c1csc(C(F)F)c1. The van der Waals surface area contributed by atoms with Crippen molar-refractivity contribution < 1.29 is 8.78 Å². The molecule has 0 saturated heterocycles. The van der Waals surface area contributed by atoms with Crippen LogP contribution in [0.5, 0.6) is 0 Å². The normalized spacial score (nSPS) is 10.5. The Hall–Kier alpha value is -0.970. The van der Waals surface area contributed by atoms with Gasteiger partial charge in [0, 0.05) is 10.9 Å². The van der Waals surface area contributed by atoms with Gasteiger partial charge in [-0.05, 0) is 6.07 Å². The van der Waals surface area contributed by atoms with Crippen molar-refractivity contribution >= 4 is 17.2 Å². The highest BCUT2D eigenvalue weighted by molar-refractivity contribution is 7.10. The minimum Gasteiger partial charge on any atom is -0.384 e. The third kappa shape index (κ3) is 1.74. The molecule has 0 amide bonds. The summed E-state index contributed by atoms with van der Waals surface area (Å²) in [5.41, 5.74) is 5.44. The van der Waals surface area contributed by atoms with E-state index in [-0.39, 0.29) is 10.7 Å². The zero-order chi connectivity index (χ0) is 8.43. The van der Waals surface area contributed by atoms with Gasteiger partial charge < -0.3 is 5.73 Å². The van der Waals surface area contributed by atoms with Gasteiger partial charge in [0.1, 0.15) is 5.84 Å². The van der Waals surface area contributed by atoms with Crippen molar-refractivity contribution in [3.8, 4) is 0 Å². The van der Waals surface area contributed by atoms with Crippen LogP contribution in [0.25, 0.3) is 0 Å². The van der Waals surface area contributed by atoms with Crippen molar-refractivity contribution in [3.05, 3.63) is 21.9 Å². The second-order valence-corrected chi connectivity index (χ2v) is 2.89. The highest BCUT2D eigenvalue weighted by Crippen LogP contribution is 2.25. The molecule has 0 radical (unpaired) electrons. The van der Waals surface area contributed by atoms with Gasteiger partial charge in [-0.3, -0.25) is 5.41 Å². The maximum Gasteiger partial charge on any atom is 0.272 e. The fourth-order valence-corrected chi connectivity index (χ4v) is 1.36. The molecular weight excluding hydrogens is 170 g/mol. The van der Waals surface area contributed by atoms with Gasteiger partial charge in [-0.15, -0.1) is 11.3 Å². The minimum atomic E-state index is -2.46. The fourth-order valence-electron chi connectivity index (χ4n) is 0.608. The standard InChI is InChI=1S/C6H6F2N2S/c7-5(8)4-1-3(2-11-4)6(9)10/h1-2,5H,(H3,9,10). The molecule has 0 saturated carbocycles. The molecule has 0 aromatic carbocycles. The van der Waals surface area contributed by atoms with E-state index in [1.807, 2.05) is 0 Å². The van der Waals surface area contributed by atoms with Crippen molar-refractivity contribution in [2.75, 3.05) is 0 Å². The summed E-state index contributed by atoms with van der Waals surface area (Å²) in [5, 5.41) is 8.38. The first-order valence-electron chi connectivity index (χ1n) is 2.82. The molecule has 1 aromatic rings. The lowest BCUT2D eigenvalue weighted by Gasteiger charge is -1.90. The number of hydrogen-bond donors (Lipinski definition) is 2. The van der Waals surface area contributed by atoms with Crippen LogP contribution in [-0.4, -0.2) is 5.84 Å². The summed E-state index contributed by atoms with van der Waals surface area (Å²) >= 11 is 0.915. The second-order valence-electron chi connectivity index (χ2n) is 1.95. The number of nitrogens with two attached hydrogens (primary N) is 1. The largest absolute Gasteiger partial charge is 0.384 e. The third-order valence-electron chi connectivity index (χ3n) is 1.15. The van der Waals surface area contributed by atoms with Gasteiger partial charge in [0.05, 0.1) is 4.88 Å². The maximum absolute atomic E-state index is 11.9. The molecule has 1 heterocycles. The van der Waals surface area contributed by atoms with Crippen LogP contribution in [-0.2, 0) is 0 Å². The molecule has 2 nitrogen and oxygen atoms in total. The maximum atomic E-state index is 11.9. The fraction of sp³-hybridized carbons (Fsp3) is 0.167. The van der Waals surface area contributed by atoms with Crippen LogP contribution in [0.15, 0.2) is 11.4 Å². The second kappa shape index (κ2) is 2.96. The summed E-state index contributed by atoms with van der Waals surface area (Å²) < 4.78 is 23.9. The molecule has 1 aromatic heterocycles.